The molecule has 0 aliphatic rings. The van der Waals surface area contributed by atoms with Crippen molar-refractivity contribution in [1.82, 2.24) is 10.0 Å². The summed E-state index contributed by atoms with van der Waals surface area (Å²) in [4.78, 5) is 24.7. The van der Waals surface area contributed by atoms with Gasteiger partial charge in [0.2, 0.25) is 15.9 Å². The van der Waals surface area contributed by atoms with Gasteiger partial charge in [-0.3, -0.25) is 9.59 Å². The second-order valence-electron chi connectivity index (χ2n) is 7.64. The first-order valence-electron chi connectivity index (χ1n) is 11.2. The number of anilines is 1. The summed E-state index contributed by atoms with van der Waals surface area (Å²) in [7, 11) is -0.593. The Kier molecular flexibility index (Phi) is 10.8. The molecule has 2 aromatic carbocycles. The molecule has 0 aromatic heterocycles. The predicted octanol–water partition coefficient (Wildman–Crippen LogP) is 3.32. The van der Waals surface area contributed by atoms with Gasteiger partial charge in [-0.05, 0) is 42.8 Å². The van der Waals surface area contributed by atoms with E-state index in [9.17, 15) is 18.0 Å². The predicted molar refractivity (Wildman–Crippen MR) is 131 cm³/mol. The quantitative estimate of drug-likeness (QED) is 0.349. The highest BCUT2D eigenvalue weighted by Crippen LogP contribution is 2.22. The van der Waals surface area contributed by atoms with Gasteiger partial charge in [0, 0.05) is 36.8 Å². The third-order valence-electron chi connectivity index (χ3n) is 5.02. The van der Waals surface area contributed by atoms with Crippen LogP contribution in [0.15, 0.2) is 47.4 Å². The molecule has 0 atom stereocenters. The van der Waals surface area contributed by atoms with E-state index in [0.717, 1.165) is 25.7 Å². The molecule has 0 bridgehead atoms. The fraction of sp³-hybridized carbons (Fsp3) is 0.417. The Hall–Kier alpha value is -3.11. The van der Waals surface area contributed by atoms with Gasteiger partial charge in [0.15, 0.2) is 0 Å². The molecule has 186 valence electrons. The van der Waals surface area contributed by atoms with Crippen molar-refractivity contribution in [2.45, 2.75) is 43.9 Å². The smallest absolute Gasteiger partial charge is 0.251 e. The maximum Gasteiger partial charge on any atom is 0.251 e. The topological polar surface area (TPSA) is 123 Å². The van der Waals surface area contributed by atoms with E-state index >= 15 is 0 Å². The Balaban J connectivity index is 1.81. The maximum absolute atomic E-state index is 12.4. The van der Waals surface area contributed by atoms with Crippen LogP contribution in [0.5, 0.6) is 11.5 Å². The first-order chi connectivity index (χ1) is 16.3. The summed E-state index contributed by atoms with van der Waals surface area (Å²) in [5.74, 6) is 0.300. The minimum atomic E-state index is -3.58. The zero-order chi connectivity index (χ0) is 25.0. The molecule has 2 aromatic rings. The third kappa shape index (κ3) is 8.68. The van der Waals surface area contributed by atoms with Crippen molar-refractivity contribution in [3.63, 3.8) is 0 Å². The third-order valence-corrected chi connectivity index (χ3v) is 6.50. The van der Waals surface area contributed by atoms with Gasteiger partial charge >= 0.3 is 0 Å². The van der Waals surface area contributed by atoms with Gasteiger partial charge in [0.1, 0.15) is 11.5 Å². The Morgan fingerprint density at radius 1 is 0.882 bits per heavy atom. The Morgan fingerprint density at radius 2 is 1.53 bits per heavy atom. The lowest BCUT2D eigenvalue weighted by Gasteiger charge is -2.10. The van der Waals surface area contributed by atoms with Gasteiger partial charge in [0.25, 0.3) is 5.91 Å². The minimum absolute atomic E-state index is 0.0478. The number of benzene rings is 2. The van der Waals surface area contributed by atoms with Gasteiger partial charge in [-0.25, -0.2) is 13.1 Å². The van der Waals surface area contributed by atoms with E-state index in [-0.39, 0.29) is 29.7 Å². The molecule has 0 radical (unpaired) electrons. The number of methoxy groups -OCH3 is 2. The van der Waals surface area contributed by atoms with E-state index in [1.165, 1.54) is 38.5 Å². The van der Waals surface area contributed by atoms with Crippen molar-refractivity contribution < 1.29 is 27.5 Å². The highest BCUT2D eigenvalue weighted by Gasteiger charge is 2.14. The average molecular weight is 492 g/mol. The van der Waals surface area contributed by atoms with Crippen molar-refractivity contribution in [1.29, 1.82) is 0 Å². The highest BCUT2D eigenvalue weighted by molar-refractivity contribution is 7.89. The minimum Gasteiger partial charge on any atom is -0.497 e. The Labute approximate surface area is 201 Å². The number of hydrogen-bond donors (Lipinski definition) is 3. The van der Waals surface area contributed by atoms with Crippen LogP contribution in [-0.4, -0.2) is 47.5 Å². The summed E-state index contributed by atoms with van der Waals surface area (Å²) in [5.41, 5.74) is 0.822. The molecule has 0 unspecified atom stereocenters. The van der Waals surface area contributed by atoms with E-state index in [1.54, 1.807) is 18.2 Å². The van der Waals surface area contributed by atoms with Gasteiger partial charge in [-0.15, -0.1) is 0 Å². The Bertz CT molecular complexity index is 1030. The molecular weight excluding hydrogens is 458 g/mol. The highest BCUT2D eigenvalue weighted by atomic mass is 32.2. The number of sulfonamides is 1. The van der Waals surface area contributed by atoms with Crippen molar-refractivity contribution >= 4 is 27.5 Å². The molecule has 34 heavy (non-hydrogen) atoms. The number of hydrogen-bond acceptors (Lipinski definition) is 6. The van der Waals surface area contributed by atoms with Crippen molar-refractivity contribution in [3.05, 3.63) is 48.0 Å². The van der Waals surface area contributed by atoms with Crippen LogP contribution in [0, 0.1) is 0 Å². The van der Waals surface area contributed by atoms with Gasteiger partial charge in [-0.1, -0.05) is 26.2 Å². The van der Waals surface area contributed by atoms with Crippen LogP contribution in [0.4, 0.5) is 5.69 Å². The van der Waals surface area contributed by atoms with E-state index in [1.807, 2.05) is 0 Å². The molecule has 2 amide bonds. The van der Waals surface area contributed by atoms with Crippen LogP contribution in [0.2, 0.25) is 0 Å². The number of rotatable bonds is 14. The molecule has 10 heteroatoms. The summed E-state index contributed by atoms with van der Waals surface area (Å²) < 4.78 is 37.6. The van der Waals surface area contributed by atoms with Crippen LogP contribution < -0.4 is 24.8 Å². The molecule has 3 N–H and O–H groups in total. The lowest BCUT2D eigenvalue weighted by molar-refractivity contribution is -0.116. The largest absolute Gasteiger partial charge is 0.497 e. The van der Waals surface area contributed by atoms with E-state index in [0.29, 0.717) is 29.3 Å². The zero-order valence-corrected chi connectivity index (χ0v) is 20.7. The molecule has 2 rings (SSSR count). The number of unbranched alkanes of at least 4 members (excludes halogenated alkanes) is 3. The SMILES string of the molecule is CCCCCCNS(=O)(=O)c1ccc(NC(=O)CCNC(=O)c2cc(OC)cc(OC)c2)cc1. The molecule has 0 saturated heterocycles. The fourth-order valence-corrected chi connectivity index (χ4v) is 4.19. The average Bonchev–Trinajstić information content (AvgIpc) is 2.83. The summed E-state index contributed by atoms with van der Waals surface area (Å²) in [5, 5.41) is 5.37. The van der Waals surface area contributed by atoms with E-state index in [2.05, 4.69) is 22.3 Å². The zero-order valence-electron chi connectivity index (χ0n) is 19.8. The summed E-state index contributed by atoms with van der Waals surface area (Å²) in [6.45, 7) is 2.62. The van der Waals surface area contributed by atoms with Crippen LogP contribution in [-0.2, 0) is 14.8 Å². The first kappa shape index (κ1) is 27.1. The normalized spacial score (nSPS) is 11.0. The summed E-state index contributed by atoms with van der Waals surface area (Å²) in [6, 6.07) is 10.8. The second kappa shape index (κ2) is 13.6. The van der Waals surface area contributed by atoms with Crippen molar-refractivity contribution in [2.75, 3.05) is 32.6 Å². The Morgan fingerprint density at radius 3 is 2.12 bits per heavy atom. The number of ether oxygens (including phenoxy) is 2. The molecule has 0 heterocycles. The van der Waals surface area contributed by atoms with Crippen LogP contribution in [0.25, 0.3) is 0 Å². The lowest BCUT2D eigenvalue weighted by atomic mass is 10.2. The summed E-state index contributed by atoms with van der Waals surface area (Å²) in [6.07, 6.45) is 3.99. The molecule has 9 nitrogen and oxygen atoms in total. The van der Waals surface area contributed by atoms with Crippen molar-refractivity contribution in [3.8, 4) is 11.5 Å². The summed E-state index contributed by atoms with van der Waals surface area (Å²) >= 11 is 0. The number of amides is 2. The number of nitrogens with one attached hydrogen (secondary N) is 3. The van der Waals surface area contributed by atoms with Gasteiger partial charge < -0.3 is 20.1 Å². The molecule has 0 fully saturated rings. The molecule has 0 spiro atoms. The lowest BCUT2D eigenvalue weighted by Crippen LogP contribution is -2.27. The van der Waals surface area contributed by atoms with Crippen molar-refractivity contribution in [2.24, 2.45) is 0 Å². The molecule has 0 aliphatic heterocycles. The van der Waals surface area contributed by atoms with Crippen LogP contribution in [0.3, 0.4) is 0 Å². The monoisotopic (exact) mass is 491 g/mol. The molecule has 0 saturated carbocycles. The molecular formula is C24H33N3O6S. The van der Waals surface area contributed by atoms with Gasteiger partial charge in [-0.2, -0.15) is 0 Å². The van der Waals surface area contributed by atoms with Crippen LogP contribution in [0.1, 0.15) is 49.4 Å². The number of carbonyl (C=O) groups excluding carboxylic acids is 2. The number of carbonyl (C=O) groups is 2. The fourth-order valence-electron chi connectivity index (χ4n) is 3.11. The first-order valence-corrected chi connectivity index (χ1v) is 12.7. The standard InChI is InChI=1S/C24H33N3O6S/c1-4-5-6-7-13-26-34(30,31)22-10-8-19(9-11-22)27-23(28)12-14-25-24(29)18-15-20(32-2)17-21(16-18)33-3/h8-11,15-17,26H,4-7,12-14H2,1-3H3,(H,25,29)(H,27,28). The van der Waals surface area contributed by atoms with E-state index < -0.39 is 10.0 Å². The second-order valence-corrected chi connectivity index (χ2v) is 9.41. The van der Waals surface area contributed by atoms with E-state index in [4.69, 9.17) is 9.47 Å². The van der Waals surface area contributed by atoms with Crippen LogP contribution >= 0.6 is 0 Å². The molecule has 0 aliphatic carbocycles. The van der Waals surface area contributed by atoms with Gasteiger partial charge in [0.05, 0.1) is 19.1 Å². The maximum atomic E-state index is 12.4.